The van der Waals surface area contributed by atoms with Crippen molar-refractivity contribution in [2.24, 2.45) is 0 Å². The Bertz CT molecular complexity index is 769. The molecule has 27 heavy (non-hydrogen) atoms. The first-order valence-electron chi connectivity index (χ1n) is 8.87. The Hall–Kier alpha value is -3.26. The second kappa shape index (κ2) is 10.7. The van der Waals surface area contributed by atoms with E-state index in [0.29, 0.717) is 19.4 Å². The summed E-state index contributed by atoms with van der Waals surface area (Å²) in [6, 6.07) is 18.7. The van der Waals surface area contributed by atoms with Crippen molar-refractivity contribution in [2.45, 2.75) is 31.8 Å². The van der Waals surface area contributed by atoms with E-state index in [0.717, 1.165) is 11.1 Å². The van der Waals surface area contributed by atoms with Crippen LogP contribution in [0.2, 0.25) is 0 Å². The Balaban J connectivity index is 2.06. The number of terminal acetylenes is 1. The summed E-state index contributed by atoms with van der Waals surface area (Å²) in [5.74, 6) is 1.63. The molecule has 0 aliphatic rings. The summed E-state index contributed by atoms with van der Waals surface area (Å²) in [5, 5.41) is 12.0. The lowest BCUT2D eigenvalue weighted by Crippen LogP contribution is -2.45. The molecule has 2 rings (SSSR count). The Morgan fingerprint density at radius 1 is 1.04 bits per heavy atom. The molecule has 5 heteroatoms. The SMILES string of the molecule is C#CCN(Cc1ccccc1)C(=O)NC(CCC(=O)O)Cc1ccccc1. The summed E-state index contributed by atoms with van der Waals surface area (Å²) in [6.45, 7) is 0.575. The van der Waals surface area contributed by atoms with Gasteiger partial charge >= 0.3 is 12.0 Å². The minimum Gasteiger partial charge on any atom is -0.481 e. The number of aliphatic carboxylic acids is 1. The van der Waals surface area contributed by atoms with E-state index in [9.17, 15) is 9.59 Å². The number of urea groups is 1. The van der Waals surface area contributed by atoms with Crippen molar-refractivity contribution in [3.8, 4) is 12.3 Å². The molecule has 2 amide bonds. The highest BCUT2D eigenvalue weighted by Gasteiger charge is 2.19. The zero-order valence-corrected chi connectivity index (χ0v) is 15.2. The zero-order chi connectivity index (χ0) is 19.5. The Morgan fingerprint density at radius 2 is 1.63 bits per heavy atom. The van der Waals surface area contributed by atoms with Crippen molar-refractivity contribution in [2.75, 3.05) is 6.54 Å². The van der Waals surface area contributed by atoms with Gasteiger partial charge in [-0.25, -0.2) is 4.79 Å². The molecule has 0 saturated heterocycles. The van der Waals surface area contributed by atoms with E-state index in [1.54, 1.807) is 4.90 Å². The van der Waals surface area contributed by atoms with Crippen molar-refractivity contribution in [1.29, 1.82) is 0 Å². The molecule has 140 valence electrons. The van der Waals surface area contributed by atoms with Crippen molar-refractivity contribution in [3.05, 3.63) is 71.8 Å². The van der Waals surface area contributed by atoms with Gasteiger partial charge in [-0.15, -0.1) is 6.42 Å². The van der Waals surface area contributed by atoms with Crippen LogP contribution in [0.5, 0.6) is 0 Å². The van der Waals surface area contributed by atoms with Gasteiger partial charge in [-0.3, -0.25) is 4.79 Å². The highest BCUT2D eigenvalue weighted by molar-refractivity contribution is 5.75. The molecule has 0 aliphatic heterocycles. The minimum absolute atomic E-state index is 0.00833. The van der Waals surface area contributed by atoms with Crippen LogP contribution in [0.3, 0.4) is 0 Å². The number of hydrogen-bond acceptors (Lipinski definition) is 2. The van der Waals surface area contributed by atoms with E-state index in [2.05, 4.69) is 11.2 Å². The van der Waals surface area contributed by atoms with Crippen LogP contribution in [-0.4, -0.2) is 34.6 Å². The Kier molecular flexibility index (Phi) is 7.92. The number of carboxylic acids is 1. The van der Waals surface area contributed by atoms with Crippen LogP contribution in [0.1, 0.15) is 24.0 Å². The molecule has 0 fully saturated rings. The summed E-state index contributed by atoms with van der Waals surface area (Å²) in [6.07, 6.45) is 6.33. The second-order valence-electron chi connectivity index (χ2n) is 6.31. The van der Waals surface area contributed by atoms with Gasteiger partial charge in [-0.1, -0.05) is 66.6 Å². The predicted molar refractivity (Wildman–Crippen MR) is 105 cm³/mol. The first-order valence-corrected chi connectivity index (χ1v) is 8.87. The maximum atomic E-state index is 12.8. The monoisotopic (exact) mass is 364 g/mol. The highest BCUT2D eigenvalue weighted by atomic mass is 16.4. The number of carbonyl (C=O) groups is 2. The third kappa shape index (κ3) is 7.25. The zero-order valence-electron chi connectivity index (χ0n) is 15.2. The molecule has 0 spiro atoms. The normalized spacial score (nSPS) is 11.2. The van der Waals surface area contributed by atoms with E-state index >= 15 is 0 Å². The van der Waals surface area contributed by atoms with Gasteiger partial charge in [-0.2, -0.15) is 0 Å². The molecular formula is C22H24N2O3. The first-order chi connectivity index (χ1) is 13.1. The molecule has 2 aromatic carbocycles. The lowest BCUT2D eigenvalue weighted by Gasteiger charge is -2.25. The maximum Gasteiger partial charge on any atom is 0.318 e. The fraction of sp³-hybridized carbons (Fsp3) is 0.273. The number of carbonyl (C=O) groups excluding carboxylic acids is 1. The van der Waals surface area contributed by atoms with E-state index in [1.165, 1.54) is 0 Å². The fourth-order valence-corrected chi connectivity index (χ4v) is 2.80. The van der Waals surface area contributed by atoms with Gasteiger partial charge < -0.3 is 15.3 Å². The van der Waals surface area contributed by atoms with Crippen LogP contribution in [0.15, 0.2) is 60.7 Å². The first kappa shape index (κ1) is 20.1. The average Bonchev–Trinajstić information content (AvgIpc) is 2.67. The number of rotatable bonds is 9. The van der Waals surface area contributed by atoms with Gasteiger partial charge in [0, 0.05) is 19.0 Å². The number of benzene rings is 2. The molecule has 2 N–H and O–H groups in total. The van der Waals surface area contributed by atoms with Gasteiger partial charge in [-0.05, 0) is 24.0 Å². The highest BCUT2D eigenvalue weighted by Crippen LogP contribution is 2.10. The summed E-state index contributed by atoms with van der Waals surface area (Å²) in [5.41, 5.74) is 2.02. The van der Waals surface area contributed by atoms with Crippen LogP contribution >= 0.6 is 0 Å². The lowest BCUT2D eigenvalue weighted by molar-refractivity contribution is -0.137. The average molecular weight is 364 g/mol. The van der Waals surface area contributed by atoms with Gasteiger partial charge in [0.25, 0.3) is 0 Å². The fourth-order valence-electron chi connectivity index (χ4n) is 2.80. The molecule has 0 aromatic heterocycles. The lowest BCUT2D eigenvalue weighted by atomic mass is 10.0. The van der Waals surface area contributed by atoms with Crippen molar-refractivity contribution < 1.29 is 14.7 Å². The Morgan fingerprint density at radius 3 is 2.19 bits per heavy atom. The number of nitrogens with zero attached hydrogens (tertiary/aromatic N) is 1. The molecular weight excluding hydrogens is 340 g/mol. The van der Waals surface area contributed by atoms with Gasteiger partial charge in [0.2, 0.25) is 0 Å². The summed E-state index contributed by atoms with van der Waals surface area (Å²) in [7, 11) is 0. The van der Waals surface area contributed by atoms with Gasteiger partial charge in [0.1, 0.15) is 0 Å². The number of carboxylic acid groups (broad SMARTS) is 1. The molecule has 5 nitrogen and oxygen atoms in total. The molecule has 0 heterocycles. The largest absolute Gasteiger partial charge is 0.481 e. The van der Waals surface area contributed by atoms with Crippen LogP contribution in [-0.2, 0) is 17.8 Å². The third-order valence-electron chi connectivity index (χ3n) is 4.14. The van der Waals surface area contributed by atoms with Crippen LogP contribution in [0, 0.1) is 12.3 Å². The molecule has 0 bridgehead atoms. The summed E-state index contributed by atoms with van der Waals surface area (Å²) < 4.78 is 0. The molecule has 0 aliphatic carbocycles. The molecule has 1 atom stereocenters. The maximum absolute atomic E-state index is 12.8. The number of hydrogen-bond donors (Lipinski definition) is 2. The summed E-state index contributed by atoms with van der Waals surface area (Å²) >= 11 is 0. The summed E-state index contributed by atoms with van der Waals surface area (Å²) in [4.78, 5) is 25.3. The third-order valence-corrected chi connectivity index (χ3v) is 4.14. The molecule has 2 aromatic rings. The molecule has 0 saturated carbocycles. The minimum atomic E-state index is -0.882. The smallest absolute Gasteiger partial charge is 0.318 e. The van der Waals surface area contributed by atoms with Crippen molar-refractivity contribution >= 4 is 12.0 Å². The second-order valence-corrected chi connectivity index (χ2v) is 6.31. The van der Waals surface area contributed by atoms with Crippen molar-refractivity contribution in [1.82, 2.24) is 10.2 Å². The van der Waals surface area contributed by atoms with Crippen LogP contribution in [0.4, 0.5) is 4.79 Å². The molecule has 0 radical (unpaired) electrons. The predicted octanol–water partition coefficient (Wildman–Crippen LogP) is 3.31. The van der Waals surface area contributed by atoms with E-state index < -0.39 is 5.97 Å². The van der Waals surface area contributed by atoms with Crippen LogP contribution < -0.4 is 5.32 Å². The quantitative estimate of drug-likeness (QED) is 0.671. The van der Waals surface area contributed by atoms with E-state index in [-0.39, 0.29) is 25.0 Å². The van der Waals surface area contributed by atoms with E-state index in [1.807, 2.05) is 60.7 Å². The van der Waals surface area contributed by atoms with E-state index in [4.69, 9.17) is 11.5 Å². The van der Waals surface area contributed by atoms with Crippen molar-refractivity contribution in [3.63, 3.8) is 0 Å². The topological polar surface area (TPSA) is 69.6 Å². The standard InChI is InChI=1S/C22H24N2O3/c1-2-15-24(17-19-11-7-4-8-12-19)22(27)23-20(13-14-21(25)26)16-18-9-5-3-6-10-18/h1,3-12,20H,13-17H2,(H,23,27)(H,25,26). The molecule has 1 unspecified atom stereocenters. The van der Waals surface area contributed by atoms with Gasteiger partial charge in [0.05, 0.1) is 6.54 Å². The number of amides is 2. The van der Waals surface area contributed by atoms with Gasteiger partial charge in [0.15, 0.2) is 0 Å². The number of nitrogens with one attached hydrogen (secondary N) is 1. The Labute approximate surface area is 160 Å². The van der Waals surface area contributed by atoms with Crippen LogP contribution in [0.25, 0.3) is 0 Å².